The molecule has 0 fully saturated rings. The molecule has 0 aliphatic rings. The number of aromatic nitrogens is 2. The van der Waals surface area contributed by atoms with E-state index in [1.54, 1.807) is 7.11 Å². The summed E-state index contributed by atoms with van der Waals surface area (Å²) in [4.78, 5) is 0. The highest BCUT2D eigenvalue weighted by molar-refractivity contribution is 6.33. The Labute approximate surface area is 110 Å². The van der Waals surface area contributed by atoms with Gasteiger partial charge in [0.2, 0.25) is 0 Å². The summed E-state index contributed by atoms with van der Waals surface area (Å²) in [6.07, 6.45) is 1.41. The molecule has 0 saturated heterocycles. The summed E-state index contributed by atoms with van der Waals surface area (Å²) >= 11 is 5.85. The fourth-order valence-electron chi connectivity index (χ4n) is 1.43. The minimum absolute atomic E-state index is 0.391. The van der Waals surface area contributed by atoms with Crippen LogP contribution in [0.2, 0.25) is 5.02 Å². The first kappa shape index (κ1) is 12.4. The minimum Gasteiger partial charge on any atom is -0.497 e. The topological polar surface area (TPSA) is 73.1 Å². The molecule has 5 nitrogen and oxygen atoms in total. The zero-order valence-electron chi connectivity index (χ0n) is 9.85. The summed E-state index contributed by atoms with van der Waals surface area (Å²) in [7, 11) is 1.63. The number of rotatable bonds is 4. The van der Waals surface area contributed by atoms with Gasteiger partial charge in [0.1, 0.15) is 5.75 Å². The quantitative estimate of drug-likeness (QED) is 0.887. The Bertz CT molecular complexity index is 530. The van der Waals surface area contributed by atoms with Gasteiger partial charge in [-0.3, -0.25) is 0 Å². The third-order valence-corrected chi connectivity index (χ3v) is 2.76. The Morgan fingerprint density at radius 2 is 2.06 bits per heavy atom. The van der Waals surface area contributed by atoms with Crippen molar-refractivity contribution in [3.05, 3.63) is 41.0 Å². The fourth-order valence-corrected chi connectivity index (χ4v) is 1.57. The number of halogens is 1. The number of hydrogen-bond acceptors (Lipinski definition) is 5. The molecule has 0 saturated carbocycles. The van der Waals surface area contributed by atoms with E-state index in [2.05, 4.69) is 15.5 Å². The van der Waals surface area contributed by atoms with Crippen LogP contribution in [0.5, 0.6) is 5.75 Å². The van der Waals surface area contributed by atoms with Crippen LogP contribution in [0.1, 0.15) is 5.56 Å². The average Bonchev–Trinajstić information content (AvgIpc) is 2.41. The predicted molar refractivity (Wildman–Crippen MR) is 71.8 cm³/mol. The maximum atomic E-state index is 5.85. The van der Waals surface area contributed by atoms with E-state index in [1.807, 2.05) is 24.3 Å². The van der Waals surface area contributed by atoms with E-state index in [-0.39, 0.29) is 0 Å². The van der Waals surface area contributed by atoms with Gasteiger partial charge in [-0.15, -0.1) is 5.10 Å². The zero-order chi connectivity index (χ0) is 13.0. The van der Waals surface area contributed by atoms with Gasteiger partial charge in [-0.25, -0.2) is 0 Å². The first-order valence-electron chi connectivity index (χ1n) is 5.34. The van der Waals surface area contributed by atoms with Crippen molar-refractivity contribution in [2.45, 2.75) is 6.54 Å². The van der Waals surface area contributed by atoms with Gasteiger partial charge in [-0.1, -0.05) is 23.7 Å². The molecule has 2 rings (SSSR count). The number of hydrogen-bond donors (Lipinski definition) is 2. The van der Waals surface area contributed by atoms with E-state index in [1.165, 1.54) is 6.20 Å². The van der Waals surface area contributed by atoms with Gasteiger partial charge < -0.3 is 15.8 Å². The Morgan fingerprint density at radius 1 is 1.33 bits per heavy atom. The molecule has 0 atom stereocenters. The van der Waals surface area contributed by atoms with E-state index in [0.717, 1.165) is 11.3 Å². The molecule has 0 bridgehead atoms. The van der Waals surface area contributed by atoms with Gasteiger partial charge in [-0.05, 0) is 17.7 Å². The van der Waals surface area contributed by atoms with Crippen LogP contribution in [-0.2, 0) is 6.54 Å². The third kappa shape index (κ3) is 2.81. The second-order valence-electron chi connectivity index (χ2n) is 3.66. The summed E-state index contributed by atoms with van der Waals surface area (Å²) in [6, 6.07) is 7.70. The molecule has 94 valence electrons. The number of nitrogens with zero attached hydrogens (tertiary/aromatic N) is 2. The molecule has 1 heterocycles. The summed E-state index contributed by atoms with van der Waals surface area (Å²) in [5.74, 6) is 1.30. The molecular weight excluding hydrogens is 252 g/mol. The lowest BCUT2D eigenvalue weighted by Gasteiger charge is -2.08. The van der Waals surface area contributed by atoms with Crippen molar-refractivity contribution in [3.63, 3.8) is 0 Å². The van der Waals surface area contributed by atoms with E-state index < -0.39 is 0 Å². The van der Waals surface area contributed by atoms with Crippen molar-refractivity contribution in [2.75, 3.05) is 18.2 Å². The third-order valence-electron chi connectivity index (χ3n) is 2.46. The Balaban J connectivity index is 2.04. The molecule has 0 spiro atoms. The van der Waals surface area contributed by atoms with Crippen LogP contribution >= 0.6 is 11.6 Å². The standard InChI is InChI=1S/C12H13ClN4O/c1-18-9-4-2-8(3-5-9)6-15-12-11(14)10(13)7-16-17-12/h2-5,7H,6H2,1H3,(H2,14,16)(H,15,17). The Kier molecular flexibility index (Phi) is 3.84. The van der Waals surface area contributed by atoms with Crippen LogP contribution in [0.25, 0.3) is 0 Å². The first-order valence-corrected chi connectivity index (χ1v) is 5.72. The van der Waals surface area contributed by atoms with Crippen LogP contribution in [-0.4, -0.2) is 17.3 Å². The molecule has 1 aromatic carbocycles. The minimum atomic E-state index is 0.391. The second-order valence-corrected chi connectivity index (χ2v) is 4.06. The van der Waals surface area contributed by atoms with Crippen molar-refractivity contribution in [1.82, 2.24) is 10.2 Å². The molecule has 0 amide bonds. The first-order chi connectivity index (χ1) is 8.70. The van der Waals surface area contributed by atoms with Crippen LogP contribution in [0, 0.1) is 0 Å². The van der Waals surface area contributed by atoms with Crippen LogP contribution in [0.15, 0.2) is 30.5 Å². The SMILES string of the molecule is COc1ccc(CNc2nncc(Cl)c2N)cc1. The van der Waals surface area contributed by atoms with Gasteiger partial charge in [0.25, 0.3) is 0 Å². The molecule has 18 heavy (non-hydrogen) atoms. The van der Waals surface area contributed by atoms with Crippen molar-refractivity contribution in [3.8, 4) is 5.75 Å². The number of anilines is 2. The maximum absolute atomic E-state index is 5.85. The fraction of sp³-hybridized carbons (Fsp3) is 0.167. The molecule has 1 aromatic heterocycles. The largest absolute Gasteiger partial charge is 0.497 e. The number of ether oxygens (including phenoxy) is 1. The van der Waals surface area contributed by atoms with Crippen molar-refractivity contribution < 1.29 is 4.74 Å². The average molecular weight is 265 g/mol. The number of nitrogens with two attached hydrogens (primary N) is 1. The zero-order valence-corrected chi connectivity index (χ0v) is 10.6. The number of benzene rings is 1. The monoisotopic (exact) mass is 264 g/mol. The Hall–Kier alpha value is -2.01. The van der Waals surface area contributed by atoms with Crippen molar-refractivity contribution in [2.24, 2.45) is 0 Å². The van der Waals surface area contributed by atoms with Gasteiger partial charge in [0.15, 0.2) is 5.82 Å². The molecular formula is C12H13ClN4O. The lowest BCUT2D eigenvalue weighted by atomic mass is 10.2. The lowest BCUT2D eigenvalue weighted by molar-refractivity contribution is 0.414. The summed E-state index contributed by atoms with van der Waals surface area (Å²) < 4.78 is 5.09. The van der Waals surface area contributed by atoms with E-state index in [9.17, 15) is 0 Å². The number of nitrogen functional groups attached to an aromatic ring is 1. The molecule has 0 aliphatic heterocycles. The lowest BCUT2D eigenvalue weighted by Crippen LogP contribution is -2.05. The van der Waals surface area contributed by atoms with Gasteiger partial charge in [0.05, 0.1) is 24.0 Å². The van der Waals surface area contributed by atoms with Gasteiger partial charge in [-0.2, -0.15) is 5.10 Å². The van der Waals surface area contributed by atoms with E-state index in [0.29, 0.717) is 23.1 Å². The van der Waals surface area contributed by atoms with Crippen LogP contribution in [0.3, 0.4) is 0 Å². The van der Waals surface area contributed by atoms with E-state index in [4.69, 9.17) is 22.1 Å². The molecule has 2 aromatic rings. The highest BCUT2D eigenvalue weighted by Crippen LogP contribution is 2.23. The highest BCUT2D eigenvalue weighted by Gasteiger charge is 2.05. The highest BCUT2D eigenvalue weighted by atomic mass is 35.5. The van der Waals surface area contributed by atoms with Crippen LogP contribution < -0.4 is 15.8 Å². The summed E-state index contributed by atoms with van der Waals surface area (Å²) in [5, 5.41) is 11.1. The predicted octanol–water partition coefficient (Wildman–Crippen LogP) is 2.33. The molecule has 0 aliphatic carbocycles. The normalized spacial score (nSPS) is 10.1. The maximum Gasteiger partial charge on any atom is 0.173 e. The summed E-state index contributed by atoms with van der Waals surface area (Å²) in [6.45, 7) is 0.587. The molecule has 6 heteroatoms. The Morgan fingerprint density at radius 3 is 2.72 bits per heavy atom. The number of nitrogens with one attached hydrogen (secondary N) is 1. The van der Waals surface area contributed by atoms with Crippen molar-refractivity contribution >= 4 is 23.1 Å². The smallest absolute Gasteiger partial charge is 0.173 e. The van der Waals surface area contributed by atoms with Gasteiger partial charge in [0, 0.05) is 6.54 Å². The molecule has 0 radical (unpaired) electrons. The molecule has 0 unspecified atom stereocenters. The van der Waals surface area contributed by atoms with Crippen LogP contribution in [0.4, 0.5) is 11.5 Å². The molecule has 3 N–H and O–H groups in total. The van der Waals surface area contributed by atoms with Crippen molar-refractivity contribution in [1.29, 1.82) is 0 Å². The number of methoxy groups -OCH3 is 1. The summed E-state index contributed by atoms with van der Waals surface area (Å²) in [5.41, 5.74) is 7.26. The van der Waals surface area contributed by atoms with Gasteiger partial charge >= 0.3 is 0 Å². The second kappa shape index (κ2) is 5.55. The van der Waals surface area contributed by atoms with E-state index >= 15 is 0 Å².